The maximum Gasteiger partial charge on any atom is 0.242 e. The monoisotopic (exact) mass is 393 g/mol. The quantitative estimate of drug-likeness (QED) is 0.782. The van der Waals surface area contributed by atoms with Crippen LogP contribution in [0.15, 0.2) is 20.9 Å². The second-order valence-corrected chi connectivity index (χ2v) is 8.65. The first-order chi connectivity index (χ1) is 9.87. The van der Waals surface area contributed by atoms with Gasteiger partial charge < -0.3 is 5.11 Å². The molecule has 2 N–H and O–H groups in total. The molecule has 2 heterocycles. The number of aliphatic hydroxyl groups is 1. The van der Waals surface area contributed by atoms with E-state index in [1.54, 1.807) is 11.7 Å². The molecular formula is C12H16BrN3O3S2. The van der Waals surface area contributed by atoms with Gasteiger partial charge in [0.25, 0.3) is 0 Å². The molecule has 0 spiro atoms. The van der Waals surface area contributed by atoms with Crippen LogP contribution in [-0.4, -0.2) is 23.3 Å². The number of rotatable bonds is 6. The Kier molecular flexibility index (Phi) is 5.20. The number of sulfonamides is 1. The molecule has 0 aromatic carbocycles. The zero-order valence-electron chi connectivity index (χ0n) is 11.6. The first-order valence-electron chi connectivity index (χ1n) is 6.27. The van der Waals surface area contributed by atoms with E-state index in [-0.39, 0.29) is 18.0 Å². The maximum absolute atomic E-state index is 12.3. The number of nitrogens with zero attached hydrogens (tertiary/aromatic N) is 2. The highest BCUT2D eigenvalue weighted by molar-refractivity contribution is 9.11. The smallest absolute Gasteiger partial charge is 0.242 e. The lowest BCUT2D eigenvalue weighted by Gasteiger charge is -2.05. The number of halogens is 1. The van der Waals surface area contributed by atoms with E-state index in [0.717, 1.165) is 17.7 Å². The first kappa shape index (κ1) is 16.6. The summed E-state index contributed by atoms with van der Waals surface area (Å²) in [7, 11) is -1.82. The second-order valence-electron chi connectivity index (χ2n) is 4.46. The van der Waals surface area contributed by atoms with Crippen LogP contribution in [0.2, 0.25) is 0 Å². The van der Waals surface area contributed by atoms with Crippen molar-refractivity contribution in [2.75, 3.05) is 0 Å². The zero-order chi connectivity index (χ0) is 15.6. The molecule has 0 saturated carbocycles. The van der Waals surface area contributed by atoms with Crippen molar-refractivity contribution in [3.05, 3.63) is 32.2 Å². The number of thiophene rings is 1. The molecule has 0 aliphatic rings. The van der Waals surface area contributed by atoms with E-state index in [2.05, 4.69) is 25.8 Å². The molecule has 2 aromatic heterocycles. The van der Waals surface area contributed by atoms with Crippen molar-refractivity contribution >= 4 is 37.3 Å². The summed E-state index contributed by atoms with van der Waals surface area (Å²) >= 11 is 4.43. The first-order valence-corrected chi connectivity index (χ1v) is 9.36. The average Bonchev–Trinajstić information content (AvgIpc) is 2.99. The van der Waals surface area contributed by atoms with Crippen molar-refractivity contribution in [3.63, 3.8) is 0 Å². The molecule has 2 aromatic rings. The highest BCUT2D eigenvalue weighted by atomic mass is 79.9. The van der Waals surface area contributed by atoms with Gasteiger partial charge in [-0.05, 0) is 28.4 Å². The third-order valence-corrected chi connectivity index (χ3v) is 6.57. The van der Waals surface area contributed by atoms with E-state index in [0.29, 0.717) is 8.66 Å². The Morgan fingerprint density at radius 2 is 2.24 bits per heavy atom. The number of hydrogen-bond acceptors (Lipinski definition) is 5. The molecule has 0 radical (unpaired) electrons. The van der Waals surface area contributed by atoms with Crippen molar-refractivity contribution in [2.24, 2.45) is 7.05 Å². The van der Waals surface area contributed by atoms with Gasteiger partial charge in [-0.1, -0.05) is 6.92 Å². The summed E-state index contributed by atoms with van der Waals surface area (Å²) in [5, 5.41) is 13.4. The van der Waals surface area contributed by atoms with Crippen molar-refractivity contribution in [3.8, 4) is 0 Å². The lowest BCUT2D eigenvalue weighted by Crippen LogP contribution is -2.23. The molecule has 0 fully saturated rings. The molecule has 0 bridgehead atoms. The highest BCUT2D eigenvalue weighted by Gasteiger charge is 2.21. The van der Waals surface area contributed by atoms with Gasteiger partial charge in [0.1, 0.15) is 4.90 Å². The van der Waals surface area contributed by atoms with Gasteiger partial charge >= 0.3 is 0 Å². The summed E-state index contributed by atoms with van der Waals surface area (Å²) in [5.74, 6) is 0. The Morgan fingerprint density at radius 3 is 2.81 bits per heavy atom. The van der Waals surface area contributed by atoms with Gasteiger partial charge in [-0.2, -0.15) is 5.10 Å². The summed E-state index contributed by atoms with van der Waals surface area (Å²) in [6.45, 7) is 1.99. The molecule has 9 heteroatoms. The van der Waals surface area contributed by atoms with Crippen LogP contribution in [0.1, 0.15) is 23.1 Å². The SMILES string of the molecule is CCc1nn(C)cc1CNS(=O)(=O)c1cc(CO)sc1Br. The van der Waals surface area contributed by atoms with Gasteiger partial charge in [0.05, 0.1) is 16.1 Å². The summed E-state index contributed by atoms with van der Waals surface area (Å²) in [6.07, 6.45) is 2.55. The maximum atomic E-state index is 12.3. The zero-order valence-corrected chi connectivity index (χ0v) is 14.8. The topological polar surface area (TPSA) is 84.2 Å². The van der Waals surface area contributed by atoms with Crippen molar-refractivity contribution in [2.45, 2.75) is 31.4 Å². The minimum atomic E-state index is -3.63. The van der Waals surface area contributed by atoms with Crippen LogP contribution in [0.3, 0.4) is 0 Å². The van der Waals surface area contributed by atoms with Crippen LogP contribution in [0.25, 0.3) is 0 Å². The molecule has 2 rings (SSSR count). The van der Waals surface area contributed by atoms with Crippen LogP contribution in [0, 0.1) is 0 Å². The Labute approximate surface area is 136 Å². The Morgan fingerprint density at radius 1 is 1.52 bits per heavy atom. The minimum absolute atomic E-state index is 0.151. The van der Waals surface area contributed by atoms with E-state index in [1.165, 1.54) is 17.4 Å². The number of nitrogens with one attached hydrogen (secondary N) is 1. The summed E-state index contributed by atoms with van der Waals surface area (Å²) < 4.78 is 29.4. The normalized spacial score (nSPS) is 12.0. The predicted molar refractivity (Wildman–Crippen MR) is 84.6 cm³/mol. The largest absolute Gasteiger partial charge is 0.391 e. The molecule has 21 heavy (non-hydrogen) atoms. The van der Waals surface area contributed by atoms with Gasteiger partial charge in [-0.25, -0.2) is 13.1 Å². The Balaban J connectivity index is 2.19. The van der Waals surface area contributed by atoms with E-state index in [4.69, 9.17) is 5.11 Å². The molecular weight excluding hydrogens is 378 g/mol. The average molecular weight is 394 g/mol. The second kappa shape index (κ2) is 6.57. The molecule has 0 aliphatic carbocycles. The number of aromatic nitrogens is 2. The van der Waals surface area contributed by atoms with Gasteiger partial charge in [0.2, 0.25) is 10.0 Å². The fourth-order valence-electron chi connectivity index (χ4n) is 1.94. The van der Waals surface area contributed by atoms with E-state index in [1.807, 2.05) is 13.1 Å². The molecule has 0 amide bonds. The van der Waals surface area contributed by atoms with Gasteiger partial charge in [0.15, 0.2) is 0 Å². The Bertz CT molecular complexity index is 737. The van der Waals surface area contributed by atoms with E-state index in [9.17, 15) is 8.42 Å². The lowest BCUT2D eigenvalue weighted by molar-refractivity contribution is 0.285. The molecule has 0 saturated heterocycles. The molecule has 0 aliphatic heterocycles. The van der Waals surface area contributed by atoms with Crippen LogP contribution in [0.5, 0.6) is 0 Å². The minimum Gasteiger partial charge on any atom is -0.391 e. The molecule has 0 unspecified atom stereocenters. The third kappa shape index (κ3) is 3.72. The van der Waals surface area contributed by atoms with Crippen LogP contribution >= 0.6 is 27.3 Å². The number of hydrogen-bond donors (Lipinski definition) is 2. The fraction of sp³-hybridized carbons (Fsp3) is 0.417. The molecule has 0 atom stereocenters. The van der Waals surface area contributed by atoms with E-state index >= 15 is 0 Å². The van der Waals surface area contributed by atoms with Crippen LogP contribution in [0.4, 0.5) is 0 Å². The summed E-state index contributed by atoms with van der Waals surface area (Å²) in [6, 6.07) is 1.47. The van der Waals surface area contributed by atoms with Crippen molar-refractivity contribution in [1.29, 1.82) is 0 Å². The lowest BCUT2D eigenvalue weighted by atomic mass is 10.2. The van der Waals surface area contributed by atoms with E-state index < -0.39 is 10.0 Å². The number of aryl methyl sites for hydroxylation is 2. The number of aliphatic hydroxyl groups excluding tert-OH is 1. The Hall–Kier alpha value is -0.740. The summed E-state index contributed by atoms with van der Waals surface area (Å²) in [5.41, 5.74) is 1.73. The fourth-order valence-corrected chi connectivity index (χ4v) is 5.49. The summed E-state index contributed by atoms with van der Waals surface area (Å²) in [4.78, 5) is 0.747. The molecule has 6 nitrogen and oxygen atoms in total. The van der Waals surface area contributed by atoms with Gasteiger partial charge in [-0.15, -0.1) is 11.3 Å². The van der Waals surface area contributed by atoms with Crippen LogP contribution < -0.4 is 4.72 Å². The van der Waals surface area contributed by atoms with Gasteiger partial charge in [0, 0.05) is 30.2 Å². The van der Waals surface area contributed by atoms with Crippen molar-refractivity contribution in [1.82, 2.24) is 14.5 Å². The third-order valence-electron chi connectivity index (χ3n) is 2.93. The van der Waals surface area contributed by atoms with Crippen LogP contribution in [-0.2, 0) is 36.6 Å². The van der Waals surface area contributed by atoms with Gasteiger partial charge in [-0.3, -0.25) is 4.68 Å². The van der Waals surface area contributed by atoms with Crippen molar-refractivity contribution < 1.29 is 13.5 Å². The highest BCUT2D eigenvalue weighted by Crippen LogP contribution is 2.31. The predicted octanol–water partition coefficient (Wildman–Crippen LogP) is 1.78. The standard InChI is InChI=1S/C12H16BrN3O3S2/c1-3-10-8(6-16(2)15-10)5-14-21(18,19)11-4-9(7-17)20-12(11)13/h4,6,14,17H,3,5,7H2,1-2H3. The molecule has 116 valence electrons.